The van der Waals surface area contributed by atoms with Gasteiger partial charge in [0.25, 0.3) is 0 Å². The van der Waals surface area contributed by atoms with Gasteiger partial charge < -0.3 is 14.6 Å². The molecule has 1 saturated heterocycles. The third-order valence-corrected chi connectivity index (χ3v) is 2.95. The molecule has 1 aliphatic heterocycles. The molecule has 0 bridgehead atoms. The highest BCUT2D eigenvalue weighted by atomic mass is 28.2. The SMILES string of the molecule is C1CC[SiH2]OC1.OCCONOCCO. The lowest BCUT2D eigenvalue weighted by Crippen LogP contribution is -2.19. The Morgan fingerprint density at radius 2 is 1.80 bits per heavy atom. The van der Waals surface area contributed by atoms with E-state index in [0.29, 0.717) is 0 Å². The number of hydrogen-bond donors (Lipinski definition) is 3. The molecular formula is C8H21NO5Si. The largest absolute Gasteiger partial charge is 0.424 e. The van der Waals surface area contributed by atoms with E-state index in [-0.39, 0.29) is 36.2 Å². The number of aliphatic hydroxyl groups excluding tert-OH is 2. The van der Waals surface area contributed by atoms with Gasteiger partial charge in [-0.1, -0.05) is 12.1 Å². The topological polar surface area (TPSA) is 80.2 Å². The fraction of sp³-hybridized carbons (Fsp3) is 1.00. The van der Waals surface area contributed by atoms with Crippen molar-refractivity contribution in [3.8, 4) is 0 Å². The Morgan fingerprint density at radius 3 is 2.07 bits per heavy atom. The van der Waals surface area contributed by atoms with Crippen LogP contribution in [0.5, 0.6) is 0 Å². The Hall–Kier alpha value is -0.0231. The first-order valence-electron chi connectivity index (χ1n) is 5.20. The van der Waals surface area contributed by atoms with Crippen molar-refractivity contribution in [3.05, 3.63) is 0 Å². The summed E-state index contributed by atoms with van der Waals surface area (Å²) < 4.78 is 5.21. The predicted molar refractivity (Wildman–Crippen MR) is 57.7 cm³/mol. The number of rotatable bonds is 6. The van der Waals surface area contributed by atoms with E-state index in [9.17, 15) is 0 Å². The molecule has 0 aromatic carbocycles. The van der Waals surface area contributed by atoms with Gasteiger partial charge in [-0.2, -0.15) is 0 Å². The van der Waals surface area contributed by atoms with Crippen molar-refractivity contribution < 1.29 is 24.3 Å². The van der Waals surface area contributed by atoms with E-state index in [1.54, 1.807) is 0 Å². The quantitative estimate of drug-likeness (QED) is 0.304. The molecule has 0 saturated carbocycles. The average Bonchev–Trinajstić information content (AvgIpc) is 2.32. The van der Waals surface area contributed by atoms with Crippen molar-refractivity contribution in [1.29, 1.82) is 0 Å². The second-order valence-electron chi connectivity index (χ2n) is 2.90. The molecule has 1 fully saturated rings. The van der Waals surface area contributed by atoms with E-state index in [1.807, 2.05) is 0 Å². The van der Waals surface area contributed by atoms with Gasteiger partial charge in [0.1, 0.15) is 0 Å². The molecule has 0 radical (unpaired) electrons. The zero-order valence-corrected chi connectivity index (χ0v) is 10.4. The number of nitrogens with one attached hydrogen (secondary N) is 1. The molecule has 1 rings (SSSR count). The summed E-state index contributed by atoms with van der Waals surface area (Å²) in [5.74, 6) is 0. The van der Waals surface area contributed by atoms with Gasteiger partial charge in [0.2, 0.25) is 0 Å². The lowest BCUT2D eigenvalue weighted by molar-refractivity contribution is -0.178. The summed E-state index contributed by atoms with van der Waals surface area (Å²) in [6, 6.07) is 1.42. The van der Waals surface area contributed by atoms with Crippen molar-refractivity contribution in [1.82, 2.24) is 5.64 Å². The highest BCUT2D eigenvalue weighted by Gasteiger charge is 1.96. The minimum atomic E-state index is -0.0600. The highest BCUT2D eigenvalue weighted by Crippen LogP contribution is 2.01. The third-order valence-electron chi connectivity index (χ3n) is 1.58. The summed E-state index contributed by atoms with van der Waals surface area (Å²) in [5.41, 5.74) is 2.07. The van der Waals surface area contributed by atoms with Crippen molar-refractivity contribution in [2.75, 3.05) is 33.0 Å². The second-order valence-corrected chi connectivity index (χ2v) is 4.42. The van der Waals surface area contributed by atoms with Crippen LogP contribution in [-0.2, 0) is 14.1 Å². The molecule has 3 N–H and O–H groups in total. The Bertz CT molecular complexity index is 97.7. The molecule has 1 heterocycles. The van der Waals surface area contributed by atoms with E-state index in [1.165, 1.54) is 18.9 Å². The molecule has 0 atom stereocenters. The van der Waals surface area contributed by atoms with Gasteiger partial charge >= 0.3 is 0 Å². The maximum atomic E-state index is 8.15. The molecule has 1 aliphatic rings. The molecule has 0 amide bonds. The van der Waals surface area contributed by atoms with Gasteiger partial charge in [-0.25, -0.2) is 0 Å². The van der Waals surface area contributed by atoms with Gasteiger partial charge in [-0.15, -0.1) is 0 Å². The summed E-state index contributed by atoms with van der Waals surface area (Å²) in [4.78, 5) is 8.90. The van der Waals surface area contributed by atoms with E-state index >= 15 is 0 Å². The van der Waals surface area contributed by atoms with Crippen LogP contribution in [0.25, 0.3) is 0 Å². The first-order chi connectivity index (χ1) is 7.41. The van der Waals surface area contributed by atoms with Crippen LogP contribution in [0, 0.1) is 0 Å². The summed E-state index contributed by atoms with van der Waals surface area (Å²) in [6.07, 6.45) is 2.75. The van der Waals surface area contributed by atoms with Crippen LogP contribution in [0.4, 0.5) is 0 Å². The summed E-state index contributed by atoms with van der Waals surface area (Å²) in [7, 11) is 0.00849. The standard InChI is InChI=1S/C4H11NO4.C4H10OSi/c6-1-3-8-5-9-4-2-7;1-2-4-6-5-3-1/h5-7H,1-4H2;1-4,6H2. The van der Waals surface area contributed by atoms with Crippen LogP contribution in [0.3, 0.4) is 0 Å². The molecule has 15 heavy (non-hydrogen) atoms. The summed E-state index contributed by atoms with van der Waals surface area (Å²) >= 11 is 0. The first-order valence-corrected chi connectivity index (χ1v) is 6.77. The maximum Gasteiger partial charge on any atom is 0.161 e. The van der Waals surface area contributed by atoms with Crippen molar-refractivity contribution in [2.45, 2.75) is 18.9 Å². The monoisotopic (exact) mass is 239 g/mol. The molecule has 0 aromatic heterocycles. The highest BCUT2D eigenvalue weighted by molar-refractivity contribution is 6.27. The van der Waals surface area contributed by atoms with E-state index in [4.69, 9.17) is 14.6 Å². The van der Waals surface area contributed by atoms with E-state index in [0.717, 1.165) is 6.61 Å². The number of aliphatic hydroxyl groups is 2. The van der Waals surface area contributed by atoms with Crippen molar-refractivity contribution in [2.24, 2.45) is 0 Å². The van der Waals surface area contributed by atoms with Gasteiger partial charge in [0, 0.05) is 6.61 Å². The Kier molecular flexibility index (Phi) is 14.0. The third kappa shape index (κ3) is 14.0. The molecule has 6 nitrogen and oxygen atoms in total. The smallest absolute Gasteiger partial charge is 0.161 e. The average molecular weight is 239 g/mol. The van der Waals surface area contributed by atoms with Crippen LogP contribution >= 0.6 is 0 Å². The Balaban J connectivity index is 0.000000280. The lowest BCUT2D eigenvalue weighted by Gasteiger charge is -2.07. The lowest BCUT2D eigenvalue weighted by atomic mass is 10.4. The van der Waals surface area contributed by atoms with E-state index in [2.05, 4.69) is 15.3 Å². The van der Waals surface area contributed by atoms with Gasteiger partial charge in [0.05, 0.1) is 26.4 Å². The fourth-order valence-corrected chi connectivity index (χ4v) is 2.07. The maximum absolute atomic E-state index is 8.15. The zero-order valence-electron chi connectivity index (χ0n) is 8.98. The molecule has 92 valence electrons. The van der Waals surface area contributed by atoms with Crippen molar-refractivity contribution >= 4 is 9.76 Å². The molecule has 0 aliphatic carbocycles. The van der Waals surface area contributed by atoms with Crippen LogP contribution in [0.2, 0.25) is 6.04 Å². The normalized spacial score (nSPS) is 17.2. The fourth-order valence-electron chi connectivity index (χ4n) is 0.903. The molecule has 0 unspecified atom stereocenters. The van der Waals surface area contributed by atoms with Gasteiger partial charge in [-0.05, 0) is 12.5 Å². The van der Waals surface area contributed by atoms with E-state index < -0.39 is 0 Å². The molecule has 0 spiro atoms. The summed E-state index contributed by atoms with van der Waals surface area (Å²) in [6.45, 7) is 1.29. The Morgan fingerprint density at radius 1 is 1.13 bits per heavy atom. The second kappa shape index (κ2) is 14.0. The molecule has 0 aromatic rings. The van der Waals surface area contributed by atoms with Gasteiger partial charge in [0.15, 0.2) is 9.76 Å². The molecular weight excluding hydrogens is 218 g/mol. The summed E-state index contributed by atoms with van der Waals surface area (Å²) in [5, 5.41) is 16.3. The van der Waals surface area contributed by atoms with Crippen molar-refractivity contribution in [3.63, 3.8) is 0 Å². The van der Waals surface area contributed by atoms with Crippen LogP contribution in [0.15, 0.2) is 0 Å². The van der Waals surface area contributed by atoms with Crippen LogP contribution < -0.4 is 5.64 Å². The molecule has 7 heteroatoms. The first kappa shape index (κ1) is 15.0. The number of hydrogen-bond acceptors (Lipinski definition) is 6. The minimum Gasteiger partial charge on any atom is -0.424 e. The van der Waals surface area contributed by atoms with Crippen LogP contribution in [-0.4, -0.2) is 53.0 Å². The Labute approximate surface area is 92.4 Å². The predicted octanol–water partition coefficient (Wildman–Crippen LogP) is -1.28. The minimum absolute atomic E-state index is 0.00849. The zero-order chi connectivity index (χ0) is 11.2. The van der Waals surface area contributed by atoms with Crippen LogP contribution in [0.1, 0.15) is 12.8 Å². The van der Waals surface area contributed by atoms with Gasteiger partial charge in [-0.3, -0.25) is 9.68 Å².